The third-order valence-electron chi connectivity index (χ3n) is 3.24. The fraction of sp³-hybridized carbons (Fsp3) is 0.176. The SMILES string of the molecule is C=CCn1c(SCc2csc(NC(C)=O)n2)nnc1-c1ccccc1. The summed E-state index contributed by atoms with van der Waals surface area (Å²) in [4.78, 5) is 15.5. The lowest BCUT2D eigenvalue weighted by atomic mass is 10.2. The van der Waals surface area contributed by atoms with E-state index >= 15 is 0 Å². The quantitative estimate of drug-likeness (QED) is 0.505. The smallest absolute Gasteiger partial charge is 0.223 e. The zero-order chi connectivity index (χ0) is 17.6. The highest BCUT2D eigenvalue weighted by Gasteiger charge is 2.14. The molecule has 0 spiro atoms. The van der Waals surface area contributed by atoms with Crippen molar-refractivity contribution in [1.29, 1.82) is 0 Å². The number of thiazole rings is 1. The Hall–Kier alpha value is -2.45. The molecule has 0 saturated heterocycles. The molecule has 1 amide bonds. The van der Waals surface area contributed by atoms with E-state index in [4.69, 9.17) is 0 Å². The van der Waals surface area contributed by atoms with Gasteiger partial charge in [-0.25, -0.2) is 4.98 Å². The molecule has 3 rings (SSSR count). The van der Waals surface area contributed by atoms with E-state index in [-0.39, 0.29) is 5.91 Å². The third-order valence-corrected chi connectivity index (χ3v) is 5.05. The van der Waals surface area contributed by atoms with Crippen LogP contribution in [0.2, 0.25) is 0 Å². The first kappa shape index (κ1) is 17.4. The third kappa shape index (κ3) is 4.34. The number of carbonyl (C=O) groups is 1. The summed E-state index contributed by atoms with van der Waals surface area (Å²) in [6.45, 7) is 5.93. The number of nitrogens with zero attached hydrogens (tertiary/aromatic N) is 4. The predicted octanol–water partition coefficient (Wildman–Crippen LogP) is 3.84. The maximum atomic E-state index is 11.1. The van der Waals surface area contributed by atoms with Gasteiger partial charge >= 0.3 is 0 Å². The zero-order valence-corrected chi connectivity index (χ0v) is 15.3. The molecule has 2 aromatic heterocycles. The van der Waals surface area contributed by atoms with Crippen LogP contribution in [0.5, 0.6) is 0 Å². The van der Waals surface area contributed by atoms with Crippen LogP contribution in [-0.2, 0) is 17.1 Å². The Morgan fingerprint density at radius 2 is 2.16 bits per heavy atom. The van der Waals surface area contributed by atoms with Crippen molar-refractivity contribution in [1.82, 2.24) is 19.7 Å². The van der Waals surface area contributed by atoms with Gasteiger partial charge in [-0.15, -0.1) is 28.1 Å². The summed E-state index contributed by atoms with van der Waals surface area (Å²) >= 11 is 2.98. The normalized spacial score (nSPS) is 10.6. The number of benzene rings is 1. The fourth-order valence-electron chi connectivity index (χ4n) is 2.21. The Labute approximate surface area is 154 Å². The molecule has 0 fully saturated rings. The van der Waals surface area contributed by atoms with E-state index in [2.05, 4.69) is 27.1 Å². The average molecular weight is 371 g/mol. The van der Waals surface area contributed by atoms with Crippen LogP contribution >= 0.6 is 23.1 Å². The molecule has 0 aliphatic rings. The van der Waals surface area contributed by atoms with Crippen molar-refractivity contribution in [2.45, 2.75) is 24.4 Å². The standard InChI is InChI=1S/C17H17N5OS2/c1-3-9-22-15(13-7-5-4-6-8-13)20-21-17(22)25-11-14-10-24-16(19-14)18-12(2)23/h3-8,10H,1,9,11H2,2H3,(H,18,19,23). The van der Waals surface area contributed by atoms with Crippen molar-refractivity contribution in [3.8, 4) is 11.4 Å². The molecule has 0 aliphatic carbocycles. The Kier molecular flexibility index (Phi) is 5.62. The number of hydrogen-bond donors (Lipinski definition) is 1. The summed E-state index contributed by atoms with van der Waals surface area (Å²) in [7, 11) is 0. The van der Waals surface area contributed by atoms with Crippen molar-refractivity contribution < 1.29 is 4.79 Å². The minimum Gasteiger partial charge on any atom is -0.302 e. The molecule has 0 aliphatic heterocycles. The van der Waals surface area contributed by atoms with Gasteiger partial charge < -0.3 is 5.32 Å². The van der Waals surface area contributed by atoms with Gasteiger partial charge in [-0.05, 0) is 0 Å². The number of allylic oxidation sites excluding steroid dienone is 1. The van der Waals surface area contributed by atoms with Gasteiger partial charge in [-0.1, -0.05) is 48.2 Å². The summed E-state index contributed by atoms with van der Waals surface area (Å²) in [6, 6.07) is 9.96. The minimum atomic E-state index is -0.119. The van der Waals surface area contributed by atoms with Crippen LogP contribution in [0.25, 0.3) is 11.4 Å². The van der Waals surface area contributed by atoms with Gasteiger partial charge in [0.25, 0.3) is 0 Å². The van der Waals surface area contributed by atoms with E-state index in [0.29, 0.717) is 17.4 Å². The van der Waals surface area contributed by atoms with Gasteiger partial charge in [0, 0.05) is 30.2 Å². The van der Waals surface area contributed by atoms with Crippen molar-refractivity contribution in [3.05, 3.63) is 54.1 Å². The second-order valence-electron chi connectivity index (χ2n) is 5.19. The number of hydrogen-bond acceptors (Lipinski definition) is 6. The maximum Gasteiger partial charge on any atom is 0.223 e. The lowest BCUT2D eigenvalue weighted by molar-refractivity contribution is -0.114. The molecule has 0 unspecified atom stereocenters. The zero-order valence-electron chi connectivity index (χ0n) is 13.7. The lowest BCUT2D eigenvalue weighted by Gasteiger charge is -2.07. The molecule has 2 heterocycles. The van der Waals surface area contributed by atoms with Crippen molar-refractivity contribution in [2.75, 3.05) is 5.32 Å². The van der Waals surface area contributed by atoms with Crippen LogP contribution in [-0.4, -0.2) is 25.7 Å². The fourth-order valence-corrected chi connectivity index (χ4v) is 3.91. The molecule has 3 aromatic rings. The van der Waals surface area contributed by atoms with Crippen molar-refractivity contribution in [3.63, 3.8) is 0 Å². The Bertz CT molecular complexity index is 872. The molecule has 25 heavy (non-hydrogen) atoms. The minimum absolute atomic E-state index is 0.119. The molecule has 0 atom stereocenters. The van der Waals surface area contributed by atoms with Gasteiger partial charge in [0.05, 0.1) is 5.69 Å². The highest BCUT2D eigenvalue weighted by Crippen LogP contribution is 2.27. The number of aromatic nitrogens is 4. The van der Waals surface area contributed by atoms with Crippen LogP contribution in [0.4, 0.5) is 5.13 Å². The predicted molar refractivity (Wildman–Crippen MR) is 102 cm³/mol. The number of nitrogens with one attached hydrogen (secondary N) is 1. The molecule has 0 radical (unpaired) electrons. The number of amides is 1. The molecule has 128 valence electrons. The molecule has 0 saturated carbocycles. The van der Waals surface area contributed by atoms with Gasteiger partial charge in [0.1, 0.15) is 0 Å². The lowest BCUT2D eigenvalue weighted by Crippen LogP contribution is -2.05. The highest BCUT2D eigenvalue weighted by atomic mass is 32.2. The van der Waals surface area contributed by atoms with Gasteiger partial charge in [-0.2, -0.15) is 0 Å². The first-order chi connectivity index (χ1) is 12.2. The van der Waals surface area contributed by atoms with Gasteiger partial charge in [-0.3, -0.25) is 9.36 Å². The van der Waals surface area contributed by atoms with E-state index in [1.165, 1.54) is 18.3 Å². The Morgan fingerprint density at radius 1 is 1.36 bits per heavy atom. The van der Waals surface area contributed by atoms with Crippen LogP contribution < -0.4 is 5.32 Å². The van der Waals surface area contributed by atoms with Crippen LogP contribution in [0.15, 0.2) is 53.5 Å². The Morgan fingerprint density at radius 3 is 2.88 bits per heavy atom. The first-order valence-corrected chi connectivity index (χ1v) is 9.48. The van der Waals surface area contributed by atoms with E-state index in [9.17, 15) is 4.79 Å². The van der Waals surface area contributed by atoms with Gasteiger partial charge in [0.15, 0.2) is 16.1 Å². The van der Waals surface area contributed by atoms with E-state index in [0.717, 1.165) is 22.2 Å². The Balaban J connectivity index is 1.76. The summed E-state index contributed by atoms with van der Waals surface area (Å²) in [5.41, 5.74) is 1.92. The summed E-state index contributed by atoms with van der Waals surface area (Å²) in [5.74, 6) is 1.35. The molecule has 0 bridgehead atoms. The monoisotopic (exact) mass is 371 g/mol. The molecule has 8 heteroatoms. The van der Waals surface area contributed by atoms with Crippen LogP contribution in [0.1, 0.15) is 12.6 Å². The molecular formula is C17H17N5OS2. The second kappa shape index (κ2) is 8.09. The number of rotatable bonds is 7. The number of anilines is 1. The van der Waals surface area contributed by atoms with Crippen molar-refractivity contribution >= 4 is 34.1 Å². The average Bonchev–Trinajstić information content (AvgIpc) is 3.20. The molecular weight excluding hydrogens is 354 g/mol. The maximum absolute atomic E-state index is 11.1. The van der Waals surface area contributed by atoms with Gasteiger partial charge in [0.2, 0.25) is 5.91 Å². The summed E-state index contributed by atoms with van der Waals surface area (Å²) in [5, 5.41) is 14.7. The number of thioether (sulfide) groups is 1. The largest absolute Gasteiger partial charge is 0.302 e. The van der Waals surface area contributed by atoms with Crippen LogP contribution in [0.3, 0.4) is 0 Å². The van der Waals surface area contributed by atoms with Crippen LogP contribution in [0, 0.1) is 0 Å². The topological polar surface area (TPSA) is 72.7 Å². The van der Waals surface area contributed by atoms with Crippen molar-refractivity contribution in [2.24, 2.45) is 0 Å². The van der Waals surface area contributed by atoms with E-state index < -0.39 is 0 Å². The van der Waals surface area contributed by atoms with E-state index in [1.54, 1.807) is 11.8 Å². The molecule has 1 N–H and O–H groups in total. The summed E-state index contributed by atoms with van der Waals surface area (Å²) < 4.78 is 2.04. The first-order valence-electron chi connectivity index (χ1n) is 7.61. The molecule has 1 aromatic carbocycles. The second-order valence-corrected chi connectivity index (χ2v) is 6.99. The number of carbonyl (C=O) groups excluding carboxylic acids is 1. The summed E-state index contributed by atoms with van der Waals surface area (Å²) in [6.07, 6.45) is 1.83. The van der Waals surface area contributed by atoms with E-state index in [1.807, 2.05) is 46.4 Å². The molecule has 6 nitrogen and oxygen atoms in total. The highest BCUT2D eigenvalue weighted by molar-refractivity contribution is 7.98.